The van der Waals surface area contributed by atoms with Crippen LogP contribution in [-0.4, -0.2) is 35.5 Å². The van der Waals surface area contributed by atoms with Crippen molar-refractivity contribution in [3.63, 3.8) is 0 Å². The molecular weight excluding hydrogens is 292 g/mol. The second-order valence-corrected chi connectivity index (χ2v) is 6.46. The van der Waals surface area contributed by atoms with Gasteiger partial charge >= 0.3 is 0 Å². The maximum Gasteiger partial charge on any atom is 0.274 e. The van der Waals surface area contributed by atoms with E-state index in [0.717, 1.165) is 11.3 Å². The number of benzene rings is 1. The Morgan fingerprint density at radius 1 is 1.17 bits per heavy atom. The van der Waals surface area contributed by atoms with Gasteiger partial charge in [-0.2, -0.15) is 5.10 Å². The average molecular weight is 314 g/mol. The largest absolute Gasteiger partial charge is 0.378 e. The minimum Gasteiger partial charge on any atom is -0.378 e. The van der Waals surface area contributed by atoms with Crippen LogP contribution >= 0.6 is 0 Å². The van der Waals surface area contributed by atoms with Crippen molar-refractivity contribution < 1.29 is 0 Å². The fourth-order valence-electron chi connectivity index (χ4n) is 1.90. The van der Waals surface area contributed by atoms with Gasteiger partial charge in [-0.05, 0) is 17.7 Å². The lowest BCUT2D eigenvalue weighted by molar-refractivity contribution is 0.547. The van der Waals surface area contributed by atoms with E-state index in [9.17, 15) is 4.79 Å². The molecule has 0 saturated heterocycles. The van der Waals surface area contributed by atoms with Crippen molar-refractivity contribution in [3.05, 3.63) is 45.9 Å². The molecule has 0 aliphatic carbocycles. The standard InChI is InChI=1S/C16H22N6O/c1-16(2,3)13-14(23)18-15(21-19-13)20-17-10-11-6-8-12(9-7-11)22(4)5/h6-10H,1-5H3,(H2,18,20,21,23)/b17-10-. The Balaban J connectivity index is 2.06. The number of aromatic amines is 1. The van der Waals surface area contributed by atoms with Crippen LogP contribution in [0.1, 0.15) is 32.0 Å². The normalized spacial score (nSPS) is 11.7. The van der Waals surface area contributed by atoms with E-state index in [0.29, 0.717) is 5.69 Å². The fraction of sp³-hybridized carbons (Fsp3) is 0.375. The molecule has 23 heavy (non-hydrogen) atoms. The lowest BCUT2D eigenvalue weighted by Gasteiger charge is -2.15. The third-order valence-corrected chi connectivity index (χ3v) is 3.20. The molecule has 2 N–H and O–H groups in total. The zero-order chi connectivity index (χ0) is 17.0. The molecule has 0 atom stereocenters. The average Bonchev–Trinajstić information content (AvgIpc) is 2.46. The summed E-state index contributed by atoms with van der Waals surface area (Å²) in [7, 11) is 3.97. The van der Waals surface area contributed by atoms with Gasteiger partial charge in [0.1, 0.15) is 5.69 Å². The van der Waals surface area contributed by atoms with Gasteiger partial charge < -0.3 is 4.90 Å². The van der Waals surface area contributed by atoms with Crippen LogP contribution < -0.4 is 15.9 Å². The molecular formula is C16H22N6O. The van der Waals surface area contributed by atoms with Crippen LogP contribution in [-0.2, 0) is 5.41 Å². The van der Waals surface area contributed by atoms with E-state index >= 15 is 0 Å². The van der Waals surface area contributed by atoms with E-state index in [1.807, 2.05) is 64.0 Å². The van der Waals surface area contributed by atoms with Gasteiger partial charge in [0.05, 0.1) is 6.21 Å². The van der Waals surface area contributed by atoms with Crippen molar-refractivity contribution in [2.24, 2.45) is 5.10 Å². The van der Waals surface area contributed by atoms with Gasteiger partial charge in [0.25, 0.3) is 5.56 Å². The number of hydrazone groups is 1. The molecule has 0 unspecified atom stereocenters. The number of H-pyrrole nitrogens is 1. The van der Waals surface area contributed by atoms with Crippen molar-refractivity contribution in [2.45, 2.75) is 26.2 Å². The number of hydrogen-bond acceptors (Lipinski definition) is 6. The summed E-state index contributed by atoms with van der Waals surface area (Å²) >= 11 is 0. The molecule has 0 amide bonds. The van der Waals surface area contributed by atoms with Crippen molar-refractivity contribution in [1.82, 2.24) is 15.2 Å². The number of hydrogen-bond donors (Lipinski definition) is 2. The van der Waals surface area contributed by atoms with Gasteiger partial charge in [-0.25, -0.2) is 5.43 Å². The van der Waals surface area contributed by atoms with E-state index in [4.69, 9.17) is 0 Å². The van der Waals surface area contributed by atoms with Crippen LogP contribution in [0.5, 0.6) is 0 Å². The SMILES string of the molecule is CN(C)c1ccc(/C=N\Nc2nnc(C(C)(C)C)c(=O)[nH]2)cc1. The lowest BCUT2D eigenvalue weighted by atomic mass is 9.93. The van der Waals surface area contributed by atoms with Crippen molar-refractivity contribution in [1.29, 1.82) is 0 Å². The molecule has 0 saturated carbocycles. The van der Waals surface area contributed by atoms with Crippen LogP contribution in [0.15, 0.2) is 34.2 Å². The highest BCUT2D eigenvalue weighted by molar-refractivity contribution is 5.80. The zero-order valence-corrected chi connectivity index (χ0v) is 14.1. The molecule has 1 aromatic heterocycles. The quantitative estimate of drug-likeness (QED) is 0.665. The topological polar surface area (TPSA) is 86.3 Å². The summed E-state index contributed by atoms with van der Waals surface area (Å²) < 4.78 is 0. The summed E-state index contributed by atoms with van der Waals surface area (Å²) in [6.07, 6.45) is 1.65. The summed E-state index contributed by atoms with van der Waals surface area (Å²) in [4.78, 5) is 16.6. The molecule has 0 fully saturated rings. The number of nitrogens with one attached hydrogen (secondary N) is 2. The third kappa shape index (κ3) is 4.38. The Morgan fingerprint density at radius 3 is 2.35 bits per heavy atom. The summed E-state index contributed by atoms with van der Waals surface area (Å²) in [5.74, 6) is 0.212. The Morgan fingerprint density at radius 2 is 1.83 bits per heavy atom. The third-order valence-electron chi connectivity index (χ3n) is 3.20. The first kappa shape index (κ1) is 16.7. The molecule has 0 radical (unpaired) electrons. The first-order valence-corrected chi connectivity index (χ1v) is 7.31. The Bertz CT molecular complexity index is 740. The van der Waals surface area contributed by atoms with Gasteiger partial charge in [0, 0.05) is 25.2 Å². The monoisotopic (exact) mass is 314 g/mol. The van der Waals surface area contributed by atoms with E-state index in [-0.39, 0.29) is 16.9 Å². The molecule has 0 aliphatic rings. The summed E-state index contributed by atoms with van der Waals surface area (Å²) in [5.41, 5.74) is 4.51. The predicted molar refractivity (Wildman–Crippen MR) is 93.3 cm³/mol. The molecule has 1 heterocycles. The summed E-state index contributed by atoms with van der Waals surface area (Å²) in [6.45, 7) is 5.73. The van der Waals surface area contributed by atoms with Crippen LogP contribution in [0.25, 0.3) is 0 Å². The van der Waals surface area contributed by atoms with Gasteiger partial charge in [-0.15, -0.1) is 10.2 Å². The molecule has 7 heteroatoms. The van der Waals surface area contributed by atoms with Gasteiger partial charge in [-0.3, -0.25) is 9.78 Å². The zero-order valence-electron chi connectivity index (χ0n) is 14.1. The van der Waals surface area contributed by atoms with Crippen molar-refractivity contribution in [2.75, 3.05) is 24.4 Å². The van der Waals surface area contributed by atoms with E-state index < -0.39 is 0 Å². The molecule has 122 valence electrons. The van der Waals surface area contributed by atoms with E-state index in [1.165, 1.54) is 0 Å². The smallest absolute Gasteiger partial charge is 0.274 e. The summed E-state index contributed by atoms with van der Waals surface area (Å²) in [5, 5.41) is 12.0. The molecule has 2 rings (SSSR count). The second kappa shape index (κ2) is 6.60. The molecule has 7 nitrogen and oxygen atoms in total. The van der Waals surface area contributed by atoms with Gasteiger partial charge in [0.2, 0.25) is 5.95 Å². The Kier molecular flexibility index (Phi) is 4.78. The molecule has 0 aliphatic heterocycles. The number of aromatic nitrogens is 3. The fourth-order valence-corrected chi connectivity index (χ4v) is 1.90. The van der Waals surface area contributed by atoms with Crippen LogP contribution in [0.2, 0.25) is 0 Å². The first-order chi connectivity index (χ1) is 10.8. The maximum atomic E-state index is 12.0. The Labute approximate surface area is 135 Å². The number of anilines is 2. The van der Waals surface area contributed by atoms with E-state index in [1.54, 1.807) is 6.21 Å². The van der Waals surface area contributed by atoms with Crippen molar-refractivity contribution in [3.8, 4) is 0 Å². The number of nitrogens with zero attached hydrogens (tertiary/aromatic N) is 4. The minimum atomic E-state index is -0.351. The Hall–Kier alpha value is -2.70. The predicted octanol–water partition coefficient (Wildman–Crippen LogP) is 1.97. The van der Waals surface area contributed by atoms with Crippen molar-refractivity contribution >= 4 is 17.9 Å². The van der Waals surface area contributed by atoms with Gasteiger partial charge in [0.15, 0.2) is 0 Å². The van der Waals surface area contributed by atoms with Crippen LogP contribution in [0.3, 0.4) is 0 Å². The second-order valence-electron chi connectivity index (χ2n) is 6.46. The van der Waals surface area contributed by atoms with Gasteiger partial charge in [-0.1, -0.05) is 32.9 Å². The lowest BCUT2D eigenvalue weighted by Crippen LogP contribution is -2.28. The minimum absolute atomic E-state index is 0.212. The van der Waals surface area contributed by atoms with Crippen LogP contribution in [0.4, 0.5) is 11.6 Å². The number of rotatable bonds is 4. The van der Waals surface area contributed by atoms with Crippen LogP contribution in [0, 0.1) is 0 Å². The molecule has 0 bridgehead atoms. The molecule has 0 spiro atoms. The maximum absolute atomic E-state index is 12.0. The highest BCUT2D eigenvalue weighted by Crippen LogP contribution is 2.15. The molecule has 1 aromatic carbocycles. The molecule has 2 aromatic rings. The first-order valence-electron chi connectivity index (χ1n) is 7.31. The highest BCUT2D eigenvalue weighted by atomic mass is 16.1. The summed E-state index contributed by atoms with van der Waals surface area (Å²) in [6, 6.07) is 7.91. The highest BCUT2D eigenvalue weighted by Gasteiger charge is 2.20. The van der Waals surface area contributed by atoms with E-state index in [2.05, 4.69) is 25.7 Å².